The van der Waals surface area contributed by atoms with Gasteiger partial charge in [-0.05, 0) is 63.9 Å². The molecule has 3 aromatic rings. The Balaban J connectivity index is 1.11. The van der Waals surface area contributed by atoms with E-state index in [0.717, 1.165) is 0 Å². The summed E-state index contributed by atoms with van der Waals surface area (Å²) in [5.74, 6) is -0.347. The molecule has 0 aliphatic carbocycles. The Morgan fingerprint density at radius 1 is 1.15 bits per heavy atom. The molecule has 2 N–H and O–H groups in total. The van der Waals surface area contributed by atoms with Crippen LogP contribution in [0.2, 0.25) is 0 Å². The van der Waals surface area contributed by atoms with E-state index in [4.69, 9.17) is 14.2 Å². The van der Waals surface area contributed by atoms with Crippen molar-refractivity contribution >= 4 is 36.9 Å². The first-order chi connectivity index (χ1) is 22.7. The number of hydrogen-bond donors (Lipinski definition) is 2. The van der Waals surface area contributed by atoms with E-state index >= 15 is 0 Å². The number of alkyl carbamates (subject to hydrolysis) is 1. The molecule has 0 bridgehead atoms. The largest absolute Gasteiger partial charge is 0.491 e. The highest BCUT2D eigenvalue weighted by molar-refractivity contribution is 7.92. The maximum atomic E-state index is 14.5. The number of pyridine rings is 1. The first kappa shape index (κ1) is 35.7. The van der Waals surface area contributed by atoms with Gasteiger partial charge in [-0.3, -0.25) is 4.79 Å². The van der Waals surface area contributed by atoms with Crippen LogP contribution in [0.4, 0.5) is 9.18 Å². The van der Waals surface area contributed by atoms with E-state index in [1.54, 1.807) is 32.9 Å². The molecule has 1 aromatic heterocycles. The van der Waals surface area contributed by atoms with Crippen LogP contribution >= 0.6 is 0 Å². The second-order valence-electron chi connectivity index (χ2n) is 12.3. The lowest BCUT2D eigenvalue weighted by Crippen LogP contribution is -2.47. The van der Waals surface area contributed by atoms with Crippen molar-refractivity contribution in [3.63, 3.8) is 0 Å². The van der Waals surface area contributed by atoms with Crippen molar-refractivity contribution in [1.29, 1.82) is 0 Å². The van der Waals surface area contributed by atoms with Crippen LogP contribution in [0.1, 0.15) is 40.0 Å². The average molecular weight is 710 g/mol. The number of carbonyl (C=O) groups excluding carboxylic acids is 1. The number of carbonyl (C=O) groups is 1. The van der Waals surface area contributed by atoms with Crippen LogP contribution in [0, 0.1) is 5.82 Å². The van der Waals surface area contributed by atoms with Gasteiger partial charge in [-0.1, -0.05) is 12.1 Å². The van der Waals surface area contributed by atoms with Gasteiger partial charge in [-0.15, -0.1) is 0 Å². The van der Waals surface area contributed by atoms with Crippen molar-refractivity contribution in [2.45, 2.75) is 79.4 Å². The van der Waals surface area contributed by atoms with Gasteiger partial charge in [0.25, 0.3) is 0 Å². The summed E-state index contributed by atoms with van der Waals surface area (Å²) in [5.41, 5.74) is -1.41. The molecule has 16 heteroatoms. The minimum atomic E-state index is -4.19. The number of para-hydroxylation sites is 1. The summed E-state index contributed by atoms with van der Waals surface area (Å²) in [5, 5.41) is 12.2. The lowest BCUT2D eigenvalue weighted by molar-refractivity contribution is -0.0325. The van der Waals surface area contributed by atoms with Crippen LogP contribution in [-0.4, -0.2) is 92.8 Å². The number of benzene rings is 2. The van der Waals surface area contributed by atoms with E-state index in [-0.39, 0.29) is 60.9 Å². The molecular weight excluding hydrogens is 669 g/mol. The molecule has 1 amide bonds. The van der Waals surface area contributed by atoms with Crippen LogP contribution in [0.3, 0.4) is 0 Å². The summed E-state index contributed by atoms with van der Waals surface area (Å²) in [6.45, 7) is 5.03. The number of nitrogens with zero attached hydrogens (tertiary/aromatic N) is 2. The van der Waals surface area contributed by atoms with E-state index < -0.39 is 65.2 Å². The fourth-order valence-corrected chi connectivity index (χ4v) is 8.62. The molecule has 1 spiro atoms. The second kappa shape index (κ2) is 14.1. The monoisotopic (exact) mass is 709 g/mol. The maximum absolute atomic E-state index is 14.5. The van der Waals surface area contributed by atoms with Crippen molar-refractivity contribution in [1.82, 2.24) is 14.2 Å². The number of rotatable bonds is 11. The average Bonchev–Trinajstić information content (AvgIpc) is 3.44. The molecule has 262 valence electrons. The smallest absolute Gasteiger partial charge is 0.407 e. The third-order valence-corrected chi connectivity index (χ3v) is 12.8. The Morgan fingerprint density at radius 2 is 1.85 bits per heavy atom. The quantitative estimate of drug-likeness (QED) is 0.302. The van der Waals surface area contributed by atoms with Crippen LogP contribution in [0.5, 0.6) is 5.75 Å². The number of hydrogen-bond acceptors (Lipinski definition) is 10. The van der Waals surface area contributed by atoms with Crippen molar-refractivity contribution in [3.8, 4) is 5.75 Å². The highest BCUT2D eigenvalue weighted by atomic mass is 32.2. The minimum Gasteiger partial charge on any atom is -0.491 e. The molecule has 2 saturated heterocycles. The van der Waals surface area contributed by atoms with Gasteiger partial charge in [0.15, 0.2) is 9.84 Å². The predicted octanol–water partition coefficient (Wildman–Crippen LogP) is 2.82. The van der Waals surface area contributed by atoms with Gasteiger partial charge in [0.1, 0.15) is 35.3 Å². The predicted molar refractivity (Wildman–Crippen MR) is 174 cm³/mol. The molecule has 0 saturated carbocycles. The summed E-state index contributed by atoms with van der Waals surface area (Å²) in [4.78, 5) is 25.3. The summed E-state index contributed by atoms with van der Waals surface area (Å²) in [6.07, 6.45) is -0.315. The van der Waals surface area contributed by atoms with E-state index in [2.05, 4.69) is 5.32 Å². The Morgan fingerprint density at radius 3 is 2.54 bits per heavy atom. The Hall–Kier alpha value is -3.57. The van der Waals surface area contributed by atoms with Crippen molar-refractivity contribution < 1.29 is 45.3 Å². The lowest BCUT2D eigenvalue weighted by atomic mass is 9.89. The number of piperidine rings is 1. The number of sulfone groups is 1. The van der Waals surface area contributed by atoms with Crippen molar-refractivity contribution in [2.75, 3.05) is 32.8 Å². The molecule has 2 atom stereocenters. The number of aliphatic hydroxyl groups excluding tert-OH is 1. The molecule has 2 aliphatic heterocycles. The first-order valence-corrected chi connectivity index (χ1v) is 18.7. The van der Waals surface area contributed by atoms with Gasteiger partial charge in [-0.2, -0.15) is 4.31 Å². The first-order valence-electron chi connectivity index (χ1n) is 15.7. The van der Waals surface area contributed by atoms with Crippen LogP contribution in [0.25, 0.3) is 10.9 Å². The molecule has 48 heavy (non-hydrogen) atoms. The highest BCUT2D eigenvalue weighted by Gasteiger charge is 2.46. The zero-order valence-electron chi connectivity index (χ0n) is 26.9. The summed E-state index contributed by atoms with van der Waals surface area (Å²) >= 11 is 0. The van der Waals surface area contributed by atoms with Gasteiger partial charge in [-0.25, -0.2) is 26.0 Å². The molecule has 13 nitrogen and oxygen atoms in total. The third-order valence-electron chi connectivity index (χ3n) is 8.74. The van der Waals surface area contributed by atoms with Crippen molar-refractivity contribution in [3.05, 3.63) is 64.7 Å². The van der Waals surface area contributed by atoms with E-state index in [1.807, 2.05) is 0 Å². The molecule has 5 rings (SSSR count). The van der Waals surface area contributed by atoms with Crippen LogP contribution < -0.4 is 15.5 Å². The minimum absolute atomic E-state index is 0.00615. The summed E-state index contributed by atoms with van der Waals surface area (Å²) in [6, 6.07) is 9.98. The SMILES string of the molecule is CCn1cc(S(=O)(=O)N2CCC3(CC2)C[C@@H](OC(=O)NCC(O)COc2cccc(S(=O)(=O)C(C)C)c2)CO3)c(=O)c2cccc(F)c21. The number of fused-ring (bicyclic) bond motifs is 1. The zero-order chi connectivity index (χ0) is 34.9. The molecule has 2 aromatic carbocycles. The second-order valence-corrected chi connectivity index (χ2v) is 16.7. The van der Waals surface area contributed by atoms with E-state index in [9.17, 15) is 35.9 Å². The van der Waals surface area contributed by atoms with Crippen LogP contribution in [-0.2, 0) is 35.9 Å². The fourth-order valence-electron chi connectivity index (χ4n) is 5.98. The highest BCUT2D eigenvalue weighted by Crippen LogP contribution is 2.38. The Labute approximate surface area is 278 Å². The Bertz CT molecular complexity index is 1940. The van der Waals surface area contributed by atoms with Crippen LogP contribution in [0.15, 0.2) is 63.2 Å². The van der Waals surface area contributed by atoms with E-state index in [1.165, 1.54) is 45.4 Å². The molecule has 3 heterocycles. The topological polar surface area (TPSA) is 171 Å². The van der Waals surface area contributed by atoms with Gasteiger partial charge < -0.3 is 29.2 Å². The number of sulfonamides is 1. The number of ether oxygens (including phenoxy) is 3. The number of halogens is 1. The number of amides is 1. The molecule has 1 unspecified atom stereocenters. The maximum Gasteiger partial charge on any atom is 0.407 e. The third kappa shape index (κ3) is 7.37. The number of aliphatic hydroxyl groups is 1. The van der Waals surface area contributed by atoms with Gasteiger partial charge in [0.05, 0.1) is 39.8 Å². The van der Waals surface area contributed by atoms with Gasteiger partial charge in [0.2, 0.25) is 15.5 Å². The Kier molecular flexibility index (Phi) is 10.5. The van der Waals surface area contributed by atoms with Gasteiger partial charge >= 0.3 is 6.09 Å². The molecule has 2 aliphatic rings. The number of aryl methyl sites for hydroxylation is 1. The normalized spacial score (nSPS) is 19.1. The number of nitrogens with one attached hydrogen (secondary N) is 1. The zero-order valence-corrected chi connectivity index (χ0v) is 28.6. The summed E-state index contributed by atoms with van der Waals surface area (Å²) < 4.78 is 86.2. The molecular formula is C32H40FN3O10S2. The lowest BCUT2D eigenvalue weighted by Gasteiger charge is -2.37. The molecule has 0 radical (unpaired) electrons. The van der Waals surface area contributed by atoms with E-state index in [0.29, 0.717) is 19.3 Å². The number of aromatic nitrogens is 1. The summed E-state index contributed by atoms with van der Waals surface area (Å²) in [7, 11) is -7.69. The standard InChI is InChI=1S/C32H40FN3O10S2/c1-4-35-18-28(30(38)26-9-6-10-27(33)29(26)35)48(42,43)36-13-11-32(12-14-36)16-24(20-45-32)46-31(39)34-17-22(37)19-44-23-7-5-8-25(15-23)47(40,41)21(2)3/h5-10,15,18,21-22,24,37H,4,11-14,16-17,19-20H2,1-3H3,(H,34,39)/t22?,24-/m1/s1. The van der Waals surface area contributed by atoms with Gasteiger partial charge in [0, 0.05) is 32.3 Å². The molecule has 2 fully saturated rings. The van der Waals surface area contributed by atoms with Crippen molar-refractivity contribution in [2.24, 2.45) is 0 Å². The fraction of sp³-hybridized carbons (Fsp3) is 0.500.